The molecular weight excluding hydrogens is 326 g/mol. The molecule has 4 rings (SSSR count). The van der Waals surface area contributed by atoms with Crippen LogP contribution in [-0.4, -0.2) is 87.8 Å². The molecule has 2 atom stereocenters. The lowest BCUT2D eigenvalue weighted by Crippen LogP contribution is -2.44. The smallest absolute Gasteiger partial charge is 0.290 e. The van der Waals surface area contributed by atoms with Gasteiger partial charge < -0.3 is 14.7 Å². The Labute approximate surface area is 144 Å². The average Bonchev–Trinajstić information content (AvgIpc) is 2.92. The van der Waals surface area contributed by atoms with Gasteiger partial charge in [-0.3, -0.25) is 18.9 Å². The van der Waals surface area contributed by atoms with Gasteiger partial charge in [-0.1, -0.05) is 0 Å². The first-order chi connectivity index (χ1) is 12.1. The van der Waals surface area contributed by atoms with Crippen molar-refractivity contribution in [1.82, 2.24) is 24.4 Å². The van der Waals surface area contributed by atoms with Gasteiger partial charge >= 0.3 is 0 Å². The average molecular weight is 347 g/mol. The van der Waals surface area contributed by atoms with E-state index in [2.05, 4.69) is 22.1 Å². The number of hydrogen-bond acceptors (Lipinski definition) is 6. The minimum atomic E-state index is -0.250. The molecule has 2 saturated heterocycles. The summed E-state index contributed by atoms with van der Waals surface area (Å²) in [6.07, 6.45) is 3.47. The van der Waals surface area contributed by atoms with Crippen molar-refractivity contribution < 1.29 is 19.4 Å². The Hall–Kier alpha value is -2.52. The quantitative estimate of drug-likeness (QED) is 0.715. The van der Waals surface area contributed by atoms with Gasteiger partial charge in [0.25, 0.3) is 12.4 Å². The van der Waals surface area contributed by atoms with Crippen LogP contribution in [-0.2, 0) is 9.53 Å². The molecule has 0 radical (unpaired) electrons. The fourth-order valence-corrected chi connectivity index (χ4v) is 3.40. The maximum absolute atomic E-state index is 13.0. The zero-order valence-electron chi connectivity index (χ0n) is 14.0. The molecule has 2 aliphatic heterocycles. The van der Waals surface area contributed by atoms with Gasteiger partial charge in [-0.2, -0.15) is 0 Å². The van der Waals surface area contributed by atoms with Gasteiger partial charge in [-0.05, 0) is 19.2 Å². The van der Waals surface area contributed by atoms with Crippen LogP contribution in [0.15, 0.2) is 24.7 Å². The van der Waals surface area contributed by atoms with Crippen molar-refractivity contribution in [3.8, 4) is 0 Å². The molecule has 2 aromatic heterocycles. The molecule has 4 heterocycles. The van der Waals surface area contributed by atoms with E-state index in [0.29, 0.717) is 30.3 Å². The first-order valence-electron chi connectivity index (χ1n) is 8.07. The standard InChI is InChI=1S/C15H19N5O2.CH2O2/c1-18-5-11-6-20(7-12(18)9-22-8-11)15(21)13-3-2-4-19-10-16-17-14(13)19;2-1-3/h2-4,10-12H,5-9H2,1H3;1H,(H,2,3)/t11-,12+;/m1./s1. The highest BCUT2D eigenvalue weighted by Gasteiger charge is 2.34. The number of amides is 1. The Kier molecular flexibility index (Phi) is 5.25. The van der Waals surface area contributed by atoms with Gasteiger partial charge in [0.1, 0.15) is 6.33 Å². The molecule has 2 aromatic rings. The molecule has 2 fully saturated rings. The lowest BCUT2D eigenvalue weighted by molar-refractivity contribution is -0.122. The van der Waals surface area contributed by atoms with E-state index in [4.69, 9.17) is 14.6 Å². The van der Waals surface area contributed by atoms with Gasteiger partial charge in [0.05, 0.1) is 24.8 Å². The first-order valence-corrected chi connectivity index (χ1v) is 8.07. The maximum atomic E-state index is 13.0. The van der Waals surface area contributed by atoms with Crippen molar-refractivity contribution in [2.24, 2.45) is 5.92 Å². The van der Waals surface area contributed by atoms with Crippen molar-refractivity contribution in [2.75, 3.05) is 39.9 Å². The van der Waals surface area contributed by atoms with E-state index in [1.54, 1.807) is 10.7 Å². The van der Waals surface area contributed by atoms with Crippen molar-refractivity contribution in [3.05, 3.63) is 30.2 Å². The summed E-state index contributed by atoms with van der Waals surface area (Å²) < 4.78 is 7.50. The first kappa shape index (κ1) is 17.3. The van der Waals surface area contributed by atoms with Gasteiger partial charge in [0.15, 0.2) is 5.65 Å². The third-order valence-corrected chi connectivity index (χ3v) is 4.58. The predicted molar refractivity (Wildman–Crippen MR) is 88.3 cm³/mol. The summed E-state index contributed by atoms with van der Waals surface area (Å²) >= 11 is 0. The van der Waals surface area contributed by atoms with Crippen molar-refractivity contribution in [2.45, 2.75) is 6.04 Å². The topological polar surface area (TPSA) is 100 Å². The highest BCUT2D eigenvalue weighted by Crippen LogP contribution is 2.21. The summed E-state index contributed by atoms with van der Waals surface area (Å²) in [5.74, 6) is 0.393. The number of fused-ring (bicyclic) bond motifs is 4. The predicted octanol–water partition coefficient (Wildman–Crippen LogP) is -0.167. The number of hydrogen-bond donors (Lipinski definition) is 1. The minimum Gasteiger partial charge on any atom is -0.483 e. The molecule has 2 aliphatic rings. The van der Waals surface area contributed by atoms with Gasteiger partial charge in [-0.25, -0.2) is 0 Å². The fourth-order valence-electron chi connectivity index (χ4n) is 3.40. The Bertz CT molecular complexity index is 749. The zero-order valence-corrected chi connectivity index (χ0v) is 14.0. The van der Waals surface area contributed by atoms with Crippen LogP contribution in [0.2, 0.25) is 0 Å². The molecule has 25 heavy (non-hydrogen) atoms. The van der Waals surface area contributed by atoms with E-state index >= 15 is 0 Å². The summed E-state index contributed by atoms with van der Waals surface area (Å²) in [4.78, 5) is 25.6. The zero-order chi connectivity index (χ0) is 17.8. The molecule has 2 bridgehead atoms. The van der Waals surface area contributed by atoms with Crippen molar-refractivity contribution >= 4 is 18.0 Å². The lowest BCUT2D eigenvalue weighted by Gasteiger charge is -2.29. The van der Waals surface area contributed by atoms with E-state index in [1.807, 2.05) is 23.2 Å². The van der Waals surface area contributed by atoms with E-state index in [9.17, 15) is 4.79 Å². The molecule has 1 amide bonds. The Morgan fingerprint density at radius 3 is 2.96 bits per heavy atom. The highest BCUT2D eigenvalue weighted by atomic mass is 16.5. The minimum absolute atomic E-state index is 0.0331. The molecule has 9 heteroatoms. The van der Waals surface area contributed by atoms with E-state index in [-0.39, 0.29) is 18.4 Å². The van der Waals surface area contributed by atoms with Gasteiger partial charge in [0, 0.05) is 31.7 Å². The molecule has 0 aromatic carbocycles. The second-order valence-electron chi connectivity index (χ2n) is 6.30. The van der Waals surface area contributed by atoms with Crippen LogP contribution in [0.1, 0.15) is 10.4 Å². The largest absolute Gasteiger partial charge is 0.483 e. The number of aromatic nitrogens is 3. The Morgan fingerprint density at radius 2 is 2.16 bits per heavy atom. The summed E-state index contributed by atoms with van der Waals surface area (Å²) in [7, 11) is 2.11. The number of likely N-dealkylation sites (N-methyl/N-ethyl adjacent to an activating group) is 1. The molecule has 9 nitrogen and oxygen atoms in total. The maximum Gasteiger partial charge on any atom is 0.290 e. The number of nitrogens with zero attached hydrogens (tertiary/aromatic N) is 5. The molecular formula is C16H21N5O4. The van der Waals surface area contributed by atoms with Crippen LogP contribution in [0.3, 0.4) is 0 Å². The third kappa shape index (κ3) is 3.62. The van der Waals surface area contributed by atoms with Crippen LogP contribution in [0.25, 0.3) is 5.65 Å². The van der Waals surface area contributed by atoms with E-state index < -0.39 is 0 Å². The van der Waals surface area contributed by atoms with Crippen LogP contribution in [0.4, 0.5) is 0 Å². The summed E-state index contributed by atoms with van der Waals surface area (Å²) in [5.41, 5.74) is 1.23. The highest BCUT2D eigenvalue weighted by molar-refractivity contribution is 5.99. The summed E-state index contributed by atoms with van der Waals surface area (Å²) in [5, 5.41) is 14.9. The number of carbonyl (C=O) groups excluding carboxylic acids is 1. The third-order valence-electron chi connectivity index (χ3n) is 4.58. The molecule has 1 N–H and O–H groups in total. The van der Waals surface area contributed by atoms with Crippen LogP contribution in [0, 0.1) is 5.92 Å². The number of pyridine rings is 1. The monoisotopic (exact) mass is 347 g/mol. The summed E-state index contributed by atoms with van der Waals surface area (Å²) in [6, 6.07) is 3.94. The lowest BCUT2D eigenvalue weighted by atomic mass is 10.1. The molecule has 134 valence electrons. The molecule has 0 aliphatic carbocycles. The summed E-state index contributed by atoms with van der Waals surface area (Å²) in [6.45, 7) is 3.56. The number of rotatable bonds is 1. The van der Waals surface area contributed by atoms with Gasteiger partial charge in [-0.15, -0.1) is 10.2 Å². The van der Waals surface area contributed by atoms with E-state index in [0.717, 1.165) is 19.7 Å². The second kappa shape index (κ2) is 7.58. The second-order valence-corrected chi connectivity index (χ2v) is 6.30. The number of carbonyl (C=O) groups is 2. The van der Waals surface area contributed by atoms with Crippen LogP contribution in [0.5, 0.6) is 0 Å². The molecule has 0 saturated carbocycles. The Balaban J connectivity index is 0.000000569. The normalized spacial score (nSPS) is 23.5. The Morgan fingerprint density at radius 1 is 1.36 bits per heavy atom. The van der Waals surface area contributed by atoms with Crippen LogP contribution >= 0.6 is 0 Å². The van der Waals surface area contributed by atoms with E-state index in [1.165, 1.54) is 0 Å². The molecule has 0 unspecified atom stereocenters. The number of carboxylic acid groups (broad SMARTS) is 1. The SMILES string of the molecule is CN1C[C@H]2COC[C@@H]1CN(C(=O)c1cccn3cnnc13)C2.O=CO. The van der Waals surface area contributed by atoms with Gasteiger partial charge in [0.2, 0.25) is 0 Å². The van der Waals surface area contributed by atoms with Crippen molar-refractivity contribution in [3.63, 3.8) is 0 Å². The van der Waals surface area contributed by atoms with Crippen molar-refractivity contribution in [1.29, 1.82) is 0 Å². The van der Waals surface area contributed by atoms with Crippen LogP contribution < -0.4 is 0 Å². The molecule has 0 spiro atoms. The number of ether oxygens (including phenoxy) is 1. The fraction of sp³-hybridized carbons (Fsp3) is 0.500.